The van der Waals surface area contributed by atoms with Crippen LogP contribution in [0.4, 0.5) is 4.79 Å². The fourth-order valence-electron chi connectivity index (χ4n) is 5.24. The molecule has 0 aromatic carbocycles. The molecule has 1 aliphatic heterocycles. The normalized spacial score (nSPS) is 16.8. The van der Waals surface area contributed by atoms with Crippen LogP contribution in [0.25, 0.3) is 0 Å². The number of carbonyl (C=O) groups is 2. The lowest BCUT2D eigenvalue weighted by atomic mass is 10.0. The summed E-state index contributed by atoms with van der Waals surface area (Å²) in [6.07, 6.45) is 25.2. The van der Waals surface area contributed by atoms with Crippen molar-refractivity contribution in [3.05, 3.63) is 30.1 Å². The van der Waals surface area contributed by atoms with Crippen LogP contribution in [0.2, 0.25) is 0 Å². The highest BCUT2D eigenvalue weighted by Crippen LogP contribution is 2.21. The van der Waals surface area contributed by atoms with Gasteiger partial charge in [-0.1, -0.05) is 109 Å². The minimum absolute atomic E-state index is 0.142. The Hall–Kier alpha value is -1.99. The van der Waals surface area contributed by atoms with Crippen LogP contribution in [0.1, 0.15) is 129 Å². The van der Waals surface area contributed by atoms with Crippen molar-refractivity contribution in [1.82, 2.24) is 9.88 Å². The summed E-state index contributed by atoms with van der Waals surface area (Å²) in [5.74, 6) is -0.0365. The number of unbranched alkanes of at least 4 members (excludes halogenated alkanes) is 15. The number of aromatic nitrogens is 1. The fourth-order valence-corrected chi connectivity index (χ4v) is 5.24. The average molecular weight is 561 g/mol. The number of amides is 2. The molecule has 1 aromatic heterocycles. The van der Waals surface area contributed by atoms with Crippen molar-refractivity contribution in [3.63, 3.8) is 0 Å². The standard InChI is InChI=1S/C33H56N2O5/c1-3-4-5-6-7-8-9-10-11-12-13-14-15-16-17-18-22-38-26-31-23-32(39-27-31)28-40-33(37)35(29(2)36)25-30-20-19-21-34-24-30/h19-21,24,31-32H,3-18,22-23,25-28H2,1-2H3/t31-,32-/m1/s1. The number of hydrogen-bond acceptors (Lipinski definition) is 6. The van der Waals surface area contributed by atoms with E-state index in [0.717, 1.165) is 29.9 Å². The van der Waals surface area contributed by atoms with E-state index in [9.17, 15) is 9.59 Å². The lowest BCUT2D eigenvalue weighted by molar-refractivity contribution is -0.128. The smallest absolute Gasteiger partial charge is 0.416 e. The SMILES string of the molecule is CCCCCCCCCCCCCCCCCCOC[C@@H]1CO[C@@H](COC(=O)N(Cc2cccnc2)C(C)=O)C1. The second-order valence-corrected chi connectivity index (χ2v) is 11.5. The molecule has 0 N–H and O–H groups in total. The zero-order chi connectivity index (χ0) is 28.7. The topological polar surface area (TPSA) is 78.0 Å². The molecule has 1 fully saturated rings. The van der Waals surface area contributed by atoms with Gasteiger partial charge in [-0.3, -0.25) is 9.78 Å². The van der Waals surface area contributed by atoms with E-state index in [1.54, 1.807) is 18.5 Å². The molecule has 228 valence electrons. The summed E-state index contributed by atoms with van der Waals surface area (Å²) in [5.41, 5.74) is 0.772. The van der Waals surface area contributed by atoms with Gasteiger partial charge in [-0.15, -0.1) is 0 Å². The number of rotatable bonds is 23. The molecule has 1 aliphatic rings. The maximum absolute atomic E-state index is 12.5. The van der Waals surface area contributed by atoms with Gasteiger partial charge in [0.25, 0.3) is 0 Å². The molecule has 7 heteroatoms. The highest BCUT2D eigenvalue weighted by Gasteiger charge is 2.28. The number of ether oxygens (including phenoxy) is 3. The Morgan fingerprint density at radius 3 is 2.05 bits per heavy atom. The van der Waals surface area contributed by atoms with Gasteiger partial charge in [0, 0.05) is 31.8 Å². The molecule has 2 rings (SSSR count). The van der Waals surface area contributed by atoms with Crippen molar-refractivity contribution in [2.24, 2.45) is 5.92 Å². The molecule has 0 aliphatic carbocycles. The Balaban J connectivity index is 1.38. The molecule has 40 heavy (non-hydrogen) atoms. The van der Waals surface area contributed by atoms with E-state index < -0.39 is 6.09 Å². The molecule has 7 nitrogen and oxygen atoms in total. The minimum atomic E-state index is -0.650. The van der Waals surface area contributed by atoms with Gasteiger partial charge in [0.05, 0.1) is 25.9 Å². The summed E-state index contributed by atoms with van der Waals surface area (Å²) < 4.78 is 17.1. The molecule has 2 amide bonds. The third kappa shape index (κ3) is 16.3. The third-order valence-corrected chi connectivity index (χ3v) is 7.72. The van der Waals surface area contributed by atoms with Gasteiger partial charge < -0.3 is 14.2 Å². The molecule has 2 heterocycles. The summed E-state index contributed by atoms with van der Waals surface area (Å²) in [7, 11) is 0. The number of imide groups is 1. The Morgan fingerprint density at radius 1 is 0.900 bits per heavy atom. The summed E-state index contributed by atoms with van der Waals surface area (Å²) in [6, 6.07) is 3.59. The van der Waals surface area contributed by atoms with Crippen LogP contribution >= 0.6 is 0 Å². The number of hydrogen-bond donors (Lipinski definition) is 0. The van der Waals surface area contributed by atoms with E-state index in [2.05, 4.69) is 11.9 Å². The van der Waals surface area contributed by atoms with Crippen LogP contribution in [0.3, 0.4) is 0 Å². The molecule has 0 unspecified atom stereocenters. The molecule has 0 spiro atoms. The van der Waals surface area contributed by atoms with Crippen LogP contribution < -0.4 is 0 Å². The van der Waals surface area contributed by atoms with Gasteiger partial charge in [-0.05, 0) is 24.5 Å². The number of nitrogens with zero attached hydrogens (tertiary/aromatic N) is 2. The van der Waals surface area contributed by atoms with E-state index in [1.165, 1.54) is 103 Å². The second-order valence-electron chi connectivity index (χ2n) is 11.5. The zero-order valence-corrected chi connectivity index (χ0v) is 25.5. The Labute approximate surface area is 243 Å². The van der Waals surface area contributed by atoms with E-state index >= 15 is 0 Å². The van der Waals surface area contributed by atoms with Crippen LogP contribution in [0.5, 0.6) is 0 Å². The lowest BCUT2D eigenvalue weighted by Crippen LogP contribution is -2.36. The fraction of sp³-hybridized carbons (Fsp3) is 0.788. The van der Waals surface area contributed by atoms with Crippen LogP contribution in [-0.2, 0) is 25.5 Å². The Morgan fingerprint density at radius 2 is 1.50 bits per heavy atom. The molecular formula is C33H56N2O5. The van der Waals surface area contributed by atoms with Gasteiger partial charge in [0.15, 0.2) is 0 Å². The predicted molar refractivity (Wildman–Crippen MR) is 160 cm³/mol. The molecule has 0 bridgehead atoms. The highest BCUT2D eigenvalue weighted by molar-refractivity contribution is 5.90. The molecule has 1 aromatic rings. The van der Waals surface area contributed by atoms with Gasteiger partial charge in [-0.25, -0.2) is 9.69 Å². The second kappa shape index (κ2) is 22.7. The molecule has 1 saturated heterocycles. The molecule has 0 saturated carbocycles. The summed E-state index contributed by atoms with van der Waals surface area (Å²) >= 11 is 0. The first-order valence-electron chi connectivity index (χ1n) is 16.1. The number of carbonyl (C=O) groups excluding carboxylic acids is 2. The first kappa shape index (κ1) is 34.2. The van der Waals surface area contributed by atoms with Crippen molar-refractivity contribution in [1.29, 1.82) is 0 Å². The zero-order valence-electron chi connectivity index (χ0n) is 25.5. The van der Waals surface area contributed by atoms with E-state index in [-0.39, 0.29) is 25.2 Å². The summed E-state index contributed by atoms with van der Waals surface area (Å²) in [6.45, 7) is 6.03. The van der Waals surface area contributed by atoms with Crippen molar-refractivity contribution in [2.75, 3.05) is 26.4 Å². The predicted octanol–water partition coefficient (Wildman–Crippen LogP) is 8.25. The van der Waals surface area contributed by atoms with Crippen LogP contribution in [0, 0.1) is 5.92 Å². The molecule has 0 radical (unpaired) electrons. The Bertz CT molecular complexity index is 775. The van der Waals surface area contributed by atoms with E-state index in [0.29, 0.717) is 19.1 Å². The maximum atomic E-state index is 12.5. The third-order valence-electron chi connectivity index (χ3n) is 7.72. The van der Waals surface area contributed by atoms with E-state index in [1.807, 2.05) is 6.07 Å². The largest absolute Gasteiger partial charge is 0.446 e. The molecular weight excluding hydrogens is 504 g/mol. The molecule has 2 atom stereocenters. The van der Waals surface area contributed by atoms with Gasteiger partial charge >= 0.3 is 6.09 Å². The minimum Gasteiger partial charge on any atom is -0.446 e. The monoisotopic (exact) mass is 560 g/mol. The van der Waals surface area contributed by atoms with Gasteiger partial charge in [0.1, 0.15) is 6.61 Å². The first-order valence-corrected chi connectivity index (χ1v) is 16.1. The van der Waals surface area contributed by atoms with Crippen molar-refractivity contribution < 1.29 is 23.8 Å². The van der Waals surface area contributed by atoms with Crippen LogP contribution in [-0.4, -0.2) is 54.4 Å². The van der Waals surface area contributed by atoms with Crippen molar-refractivity contribution in [2.45, 2.75) is 136 Å². The summed E-state index contributed by atoms with van der Waals surface area (Å²) in [5, 5.41) is 0. The van der Waals surface area contributed by atoms with Gasteiger partial charge in [-0.2, -0.15) is 0 Å². The average Bonchev–Trinajstić information content (AvgIpc) is 3.42. The Kier molecular flexibility index (Phi) is 19.4. The van der Waals surface area contributed by atoms with Crippen LogP contribution in [0.15, 0.2) is 24.5 Å². The van der Waals surface area contributed by atoms with Crippen molar-refractivity contribution >= 4 is 12.0 Å². The van der Waals surface area contributed by atoms with Crippen molar-refractivity contribution in [3.8, 4) is 0 Å². The maximum Gasteiger partial charge on any atom is 0.416 e. The first-order chi connectivity index (χ1) is 19.6. The summed E-state index contributed by atoms with van der Waals surface area (Å²) in [4.78, 5) is 29.5. The number of pyridine rings is 1. The lowest BCUT2D eigenvalue weighted by Gasteiger charge is -2.20. The van der Waals surface area contributed by atoms with Gasteiger partial charge in [0.2, 0.25) is 5.91 Å². The highest BCUT2D eigenvalue weighted by atomic mass is 16.6. The van der Waals surface area contributed by atoms with E-state index in [4.69, 9.17) is 14.2 Å². The quantitative estimate of drug-likeness (QED) is 0.125.